The minimum absolute atomic E-state index is 0.0192. The molecule has 0 saturated carbocycles. The zero-order chi connectivity index (χ0) is 15.5. The zero-order valence-corrected chi connectivity index (χ0v) is 13.9. The summed E-state index contributed by atoms with van der Waals surface area (Å²) < 4.78 is 0. The van der Waals surface area contributed by atoms with Gasteiger partial charge in [0, 0.05) is 32.9 Å². The second kappa shape index (κ2) is 6.57. The van der Waals surface area contributed by atoms with Crippen LogP contribution in [0.25, 0.3) is 6.08 Å². The molecule has 2 aliphatic rings. The number of nitrogens with zero attached hydrogens (tertiary/aromatic N) is 3. The summed E-state index contributed by atoms with van der Waals surface area (Å²) in [7, 11) is 3.47. The van der Waals surface area contributed by atoms with Crippen molar-refractivity contribution in [1.29, 1.82) is 0 Å². The predicted molar refractivity (Wildman–Crippen MR) is 94.2 cm³/mol. The lowest BCUT2D eigenvalue weighted by Gasteiger charge is -2.28. The molecule has 0 aliphatic carbocycles. The third-order valence-corrected chi connectivity index (χ3v) is 5.26. The van der Waals surface area contributed by atoms with Gasteiger partial charge in [-0.1, -0.05) is 12.1 Å². The highest BCUT2D eigenvalue weighted by atomic mass is 32.2. The summed E-state index contributed by atoms with van der Waals surface area (Å²) in [6.45, 7) is 2.30. The van der Waals surface area contributed by atoms with Crippen molar-refractivity contribution in [1.82, 2.24) is 4.90 Å². The highest BCUT2D eigenvalue weighted by Gasteiger charge is 2.29. The van der Waals surface area contributed by atoms with Crippen molar-refractivity contribution in [2.75, 3.05) is 32.1 Å². The first-order valence-electron chi connectivity index (χ1n) is 7.68. The number of carbonyl (C=O) groups excluding carboxylic acids is 1. The minimum Gasteiger partial charge on any atom is -0.372 e. The van der Waals surface area contributed by atoms with E-state index in [1.165, 1.54) is 36.7 Å². The number of thioether (sulfide) groups is 1. The number of hydrogen-bond acceptors (Lipinski definition) is 4. The maximum atomic E-state index is 12.1. The maximum absolute atomic E-state index is 12.1. The van der Waals surface area contributed by atoms with Crippen LogP contribution in [-0.4, -0.2) is 43.2 Å². The first kappa shape index (κ1) is 15.2. The molecule has 1 aromatic carbocycles. The van der Waals surface area contributed by atoms with E-state index in [-0.39, 0.29) is 5.91 Å². The standard InChI is InChI=1S/C17H21N3OS/c1-18-17-19(2)16(21)15(22-17)12-13-6-8-14(9-7-13)20-10-4-3-5-11-20/h6-9,12H,3-5,10-11H2,1-2H3. The van der Waals surface area contributed by atoms with Crippen LogP contribution in [0, 0.1) is 0 Å². The van der Waals surface area contributed by atoms with Crippen molar-refractivity contribution < 1.29 is 4.79 Å². The Morgan fingerprint density at radius 3 is 2.41 bits per heavy atom. The summed E-state index contributed by atoms with van der Waals surface area (Å²) in [6.07, 6.45) is 5.85. The number of rotatable bonds is 2. The summed E-state index contributed by atoms with van der Waals surface area (Å²) in [5.41, 5.74) is 2.34. The number of amides is 1. The molecule has 1 aromatic rings. The van der Waals surface area contributed by atoms with E-state index >= 15 is 0 Å². The smallest absolute Gasteiger partial charge is 0.266 e. The largest absolute Gasteiger partial charge is 0.372 e. The molecule has 2 heterocycles. The maximum Gasteiger partial charge on any atom is 0.266 e. The fourth-order valence-electron chi connectivity index (χ4n) is 2.83. The van der Waals surface area contributed by atoms with Gasteiger partial charge in [-0.25, -0.2) is 0 Å². The molecule has 5 heteroatoms. The van der Waals surface area contributed by atoms with Crippen LogP contribution in [0.2, 0.25) is 0 Å². The Kier molecular flexibility index (Phi) is 4.52. The lowest BCUT2D eigenvalue weighted by atomic mass is 10.1. The van der Waals surface area contributed by atoms with Crippen LogP contribution in [-0.2, 0) is 4.79 Å². The number of hydrogen-bond donors (Lipinski definition) is 0. The van der Waals surface area contributed by atoms with Crippen molar-refractivity contribution >= 4 is 34.6 Å². The lowest BCUT2D eigenvalue weighted by molar-refractivity contribution is -0.121. The number of carbonyl (C=O) groups is 1. The van der Waals surface area contributed by atoms with E-state index in [2.05, 4.69) is 34.2 Å². The van der Waals surface area contributed by atoms with Gasteiger partial charge in [0.25, 0.3) is 5.91 Å². The first-order chi connectivity index (χ1) is 10.7. The van der Waals surface area contributed by atoms with Gasteiger partial charge in [-0.05, 0) is 54.8 Å². The van der Waals surface area contributed by atoms with E-state index in [9.17, 15) is 4.79 Å². The lowest BCUT2D eigenvalue weighted by Crippen LogP contribution is -2.29. The molecule has 0 aromatic heterocycles. The van der Waals surface area contributed by atoms with E-state index in [1.54, 1.807) is 19.0 Å². The Morgan fingerprint density at radius 1 is 1.14 bits per heavy atom. The van der Waals surface area contributed by atoms with Gasteiger partial charge in [-0.3, -0.25) is 14.7 Å². The molecule has 0 bridgehead atoms. The molecule has 0 radical (unpaired) electrons. The fourth-order valence-corrected chi connectivity index (χ4v) is 3.76. The van der Waals surface area contributed by atoms with Crippen LogP contribution in [0.5, 0.6) is 0 Å². The second-order valence-electron chi connectivity index (χ2n) is 5.62. The predicted octanol–water partition coefficient (Wildman–Crippen LogP) is 3.21. The molecule has 0 spiro atoms. The summed E-state index contributed by atoms with van der Waals surface area (Å²) >= 11 is 1.43. The quantitative estimate of drug-likeness (QED) is 0.786. The topological polar surface area (TPSA) is 35.9 Å². The van der Waals surface area contributed by atoms with Gasteiger partial charge in [0.1, 0.15) is 0 Å². The fraction of sp³-hybridized carbons (Fsp3) is 0.412. The molecule has 22 heavy (non-hydrogen) atoms. The average Bonchev–Trinajstić information content (AvgIpc) is 2.84. The van der Waals surface area contributed by atoms with E-state index < -0.39 is 0 Å². The van der Waals surface area contributed by atoms with Gasteiger partial charge < -0.3 is 4.90 Å². The molecule has 1 amide bonds. The molecule has 2 fully saturated rings. The highest BCUT2D eigenvalue weighted by Crippen LogP contribution is 2.31. The van der Waals surface area contributed by atoms with Crippen LogP contribution in [0.15, 0.2) is 34.2 Å². The number of piperidine rings is 1. The zero-order valence-electron chi connectivity index (χ0n) is 13.1. The van der Waals surface area contributed by atoms with Crippen LogP contribution >= 0.6 is 11.8 Å². The number of benzene rings is 1. The van der Waals surface area contributed by atoms with Gasteiger partial charge in [0.05, 0.1) is 4.91 Å². The van der Waals surface area contributed by atoms with Crippen molar-refractivity contribution in [2.45, 2.75) is 19.3 Å². The number of likely N-dealkylation sites (N-methyl/N-ethyl adjacent to an activating group) is 1. The van der Waals surface area contributed by atoms with Crippen LogP contribution in [0.3, 0.4) is 0 Å². The van der Waals surface area contributed by atoms with Crippen molar-refractivity contribution in [3.8, 4) is 0 Å². The van der Waals surface area contributed by atoms with Crippen LogP contribution in [0.4, 0.5) is 5.69 Å². The molecular formula is C17H21N3OS. The Morgan fingerprint density at radius 2 is 1.82 bits per heavy atom. The number of aliphatic imine (C=N–C) groups is 1. The van der Waals surface area contributed by atoms with Crippen molar-refractivity contribution in [3.05, 3.63) is 34.7 Å². The number of amidine groups is 1. The Hall–Kier alpha value is -1.75. The molecular weight excluding hydrogens is 294 g/mol. The average molecular weight is 315 g/mol. The van der Waals surface area contributed by atoms with Crippen molar-refractivity contribution in [3.63, 3.8) is 0 Å². The first-order valence-corrected chi connectivity index (χ1v) is 8.50. The number of anilines is 1. The van der Waals surface area contributed by atoms with E-state index in [0.717, 1.165) is 28.7 Å². The Bertz CT molecular complexity index is 615. The van der Waals surface area contributed by atoms with E-state index in [0.29, 0.717) is 0 Å². The molecule has 2 aliphatic heterocycles. The highest BCUT2D eigenvalue weighted by molar-refractivity contribution is 8.18. The molecule has 4 nitrogen and oxygen atoms in total. The van der Waals surface area contributed by atoms with Gasteiger partial charge in [0.2, 0.25) is 0 Å². The van der Waals surface area contributed by atoms with Gasteiger partial charge >= 0.3 is 0 Å². The Balaban J connectivity index is 1.76. The SMILES string of the molecule is CN=C1SC(=Cc2ccc(N3CCCCC3)cc2)C(=O)N1C. The summed E-state index contributed by atoms with van der Waals surface area (Å²) in [4.78, 5) is 21.0. The van der Waals surface area contributed by atoms with E-state index in [4.69, 9.17) is 0 Å². The van der Waals surface area contributed by atoms with Crippen LogP contribution < -0.4 is 4.90 Å². The van der Waals surface area contributed by atoms with Crippen molar-refractivity contribution in [2.24, 2.45) is 4.99 Å². The molecule has 116 valence electrons. The van der Waals surface area contributed by atoms with E-state index in [1.807, 2.05) is 6.08 Å². The van der Waals surface area contributed by atoms with Gasteiger partial charge in [-0.2, -0.15) is 0 Å². The molecule has 2 saturated heterocycles. The van der Waals surface area contributed by atoms with Gasteiger partial charge in [-0.15, -0.1) is 0 Å². The third kappa shape index (κ3) is 3.04. The molecule has 0 N–H and O–H groups in total. The molecule has 0 unspecified atom stereocenters. The molecule has 0 atom stereocenters. The third-order valence-electron chi connectivity index (χ3n) is 4.11. The Labute approximate surface area is 135 Å². The summed E-state index contributed by atoms with van der Waals surface area (Å²) in [5, 5.41) is 0.751. The monoisotopic (exact) mass is 315 g/mol. The normalized spacial score (nSPS) is 22.9. The van der Waals surface area contributed by atoms with Crippen LogP contribution in [0.1, 0.15) is 24.8 Å². The summed E-state index contributed by atoms with van der Waals surface area (Å²) in [6, 6.07) is 8.48. The molecule has 3 rings (SSSR count). The minimum atomic E-state index is 0.0192. The second-order valence-corrected chi connectivity index (χ2v) is 6.63. The van der Waals surface area contributed by atoms with Gasteiger partial charge in [0.15, 0.2) is 5.17 Å². The summed E-state index contributed by atoms with van der Waals surface area (Å²) in [5.74, 6) is 0.0192.